The highest BCUT2D eigenvalue weighted by Crippen LogP contribution is 2.36. The zero-order valence-corrected chi connectivity index (χ0v) is 17.5. The number of aromatic nitrogens is 2. The molecule has 0 saturated carbocycles. The third-order valence-electron chi connectivity index (χ3n) is 5.11. The largest absolute Gasteiger partial charge is 0.416 e. The molecule has 2 unspecified atom stereocenters. The van der Waals surface area contributed by atoms with Crippen molar-refractivity contribution in [3.05, 3.63) is 41.8 Å². The summed E-state index contributed by atoms with van der Waals surface area (Å²) in [7, 11) is -2.94. The van der Waals surface area contributed by atoms with Crippen LogP contribution < -0.4 is 0 Å². The third kappa shape index (κ3) is 5.18. The lowest BCUT2D eigenvalue weighted by Gasteiger charge is -2.29. The monoisotopic (exact) mass is 437 g/mol. The van der Waals surface area contributed by atoms with Crippen LogP contribution in [0.5, 0.6) is 0 Å². The normalized spacial score (nSPS) is 22.5. The standard InChI is InChI=1S/C19H23N3O5S2/c23-18(22-7-9-26-10-8-22)17(15-4-2-1-3-5-15)28-19-21-20-16(27-19)12-14-6-11-29(24,25)13-14/h1-5,14,17H,6-13H2. The lowest BCUT2D eigenvalue weighted by molar-refractivity contribution is -0.134. The lowest BCUT2D eigenvalue weighted by Crippen LogP contribution is -2.42. The van der Waals surface area contributed by atoms with Crippen LogP contribution in [-0.2, 0) is 25.8 Å². The Balaban J connectivity index is 1.48. The number of benzene rings is 1. The van der Waals surface area contributed by atoms with Crippen LogP contribution in [-0.4, -0.2) is 67.2 Å². The Kier molecular flexibility index (Phi) is 6.21. The first kappa shape index (κ1) is 20.4. The Labute approximate surface area is 173 Å². The number of ether oxygens (including phenoxy) is 1. The number of hydrogen-bond donors (Lipinski definition) is 0. The molecule has 2 aliphatic rings. The van der Waals surface area contributed by atoms with Gasteiger partial charge < -0.3 is 14.1 Å². The first-order valence-corrected chi connectivity index (χ1v) is 12.3. The fourth-order valence-corrected chi connectivity index (χ4v) is 6.43. The van der Waals surface area contributed by atoms with Crippen LogP contribution in [0.3, 0.4) is 0 Å². The maximum absolute atomic E-state index is 13.2. The van der Waals surface area contributed by atoms with Crippen LogP contribution >= 0.6 is 11.8 Å². The average Bonchev–Trinajstić information content (AvgIpc) is 3.32. The number of hydrogen-bond acceptors (Lipinski definition) is 8. The van der Waals surface area contributed by atoms with Crippen molar-refractivity contribution in [3.8, 4) is 0 Å². The van der Waals surface area contributed by atoms with Gasteiger partial charge in [0.1, 0.15) is 5.25 Å². The second-order valence-electron chi connectivity index (χ2n) is 7.28. The highest BCUT2D eigenvalue weighted by atomic mass is 32.2. The van der Waals surface area contributed by atoms with Crippen molar-refractivity contribution in [2.24, 2.45) is 5.92 Å². The predicted octanol–water partition coefficient (Wildman–Crippen LogP) is 1.74. The van der Waals surface area contributed by atoms with E-state index in [1.165, 1.54) is 11.8 Å². The molecule has 156 valence electrons. The molecule has 1 aromatic heterocycles. The van der Waals surface area contributed by atoms with Gasteiger partial charge in [-0.15, -0.1) is 10.2 Å². The fourth-order valence-electron chi connectivity index (χ4n) is 3.59. The molecule has 2 fully saturated rings. The summed E-state index contributed by atoms with van der Waals surface area (Å²) < 4.78 is 34.4. The maximum Gasteiger partial charge on any atom is 0.277 e. The highest BCUT2D eigenvalue weighted by molar-refractivity contribution is 8.00. The van der Waals surface area contributed by atoms with Gasteiger partial charge in [-0.3, -0.25) is 4.79 Å². The van der Waals surface area contributed by atoms with E-state index in [0.29, 0.717) is 50.3 Å². The molecular weight excluding hydrogens is 414 g/mol. The minimum absolute atomic E-state index is 0.00821. The van der Waals surface area contributed by atoms with Gasteiger partial charge in [-0.1, -0.05) is 30.3 Å². The summed E-state index contributed by atoms with van der Waals surface area (Å²) in [5.74, 6) is 0.807. The van der Waals surface area contributed by atoms with Gasteiger partial charge >= 0.3 is 0 Å². The van der Waals surface area contributed by atoms with E-state index in [2.05, 4.69) is 10.2 Å². The van der Waals surface area contributed by atoms with Gasteiger partial charge in [0.25, 0.3) is 5.22 Å². The molecule has 10 heteroatoms. The predicted molar refractivity (Wildman–Crippen MR) is 107 cm³/mol. The number of carbonyl (C=O) groups excluding carboxylic acids is 1. The zero-order chi connectivity index (χ0) is 20.3. The second-order valence-corrected chi connectivity index (χ2v) is 10.6. The maximum atomic E-state index is 13.2. The first-order chi connectivity index (χ1) is 14.0. The van der Waals surface area contributed by atoms with Gasteiger partial charge in [0.05, 0.1) is 24.7 Å². The van der Waals surface area contributed by atoms with Gasteiger partial charge in [-0.2, -0.15) is 0 Å². The van der Waals surface area contributed by atoms with Gasteiger partial charge in [0, 0.05) is 19.5 Å². The van der Waals surface area contributed by atoms with Crippen molar-refractivity contribution < 1.29 is 22.4 Å². The van der Waals surface area contributed by atoms with Crippen molar-refractivity contribution >= 4 is 27.5 Å². The van der Waals surface area contributed by atoms with E-state index in [0.717, 1.165) is 5.56 Å². The smallest absolute Gasteiger partial charge is 0.277 e. The van der Waals surface area contributed by atoms with Gasteiger partial charge in [0.15, 0.2) is 9.84 Å². The van der Waals surface area contributed by atoms with Crippen LogP contribution in [0.2, 0.25) is 0 Å². The van der Waals surface area contributed by atoms with E-state index in [-0.39, 0.29) is 23.3 Å². The van der Waals surface area contributed by atoms with E-state index in [1.54, 1.807) is 4.90 Å². The van der Waals surface area contributed by atoms with Crippen molar-refractivity contribution in [2.45, 2.75) is 23.3 Å². The molecule has 2 saturated heterocycles. The van der Waals surface area contributed by atoms with Crippen LogP contribution in [0.1, 0.15) is 23.1 Å². The SMILES string of the molecule is O=C(C(Sc1nnc(CC2CCS(=O)(=O)C2)o1)c1ccccc1)N1CCOCC1. The molecule has 2 atom stereocenters. The Hall–Kier alpha value is -1.91. The van der Waals surface area contributed by atoms with E-state index in [4.69, 9.17) is 9.15 Å². The molecule has 2 aliphatic heterocycles. The van der Waals surface area contributed by atoms with Crippen molar-refractivity contribution in [1.82, 2.24) is 15.1 Å². The molecule has 8 nitrogen and oxygen atoms in total. The minimum atomic E-state index is -2.94. The first-order valence-electron chi connectivity index (χ1n) is 9.61. The summed E-state index contributed by atoms with van der Waals surface area (Å²) >= 11 is 1.23. The Morgan fingerprint density at radius 1 is 1.21 bits per heavy atom. The summed E-state index contributed by atoms with van der Waals surface area (Å²) in [6.45, 7) is 2.20. The molecule has 3 heterocycles. The van der Waals surface area contributed by atoms with Crippen molar-refractivity contribution in [2.75, 3.05) is 37.8 Å². The molecule has 4 rings (SSSR count). The molecular formula is C19H23N3O5S2. The van der Waals surface area contributed by atoms with E-state index < -0.39 is 15.1 Å². The Morgan fingerprint density at radius 2 is 1.97 bits per heavy atom. The van der Waals surface area contributed by atoms with Gasteiger partial charge in [-0.05, 0) is 29.7 Å². The fraction of sp³-hybridized carbons (Fsp3) is 0.526. The average molecular weight is 438 g/mol. The molecule has 1 aromatic carbocycles. The molecule has 2 aromatic rings. The molecule has 1 amide bonds. The Morgan fingerprint density at radius 3 is 2.66 bits per heavy atom. The zero-order valence-electron chi connectivity index (χ0n) is 15.9. The van der Waals surface area contributed by atoms with Crippen LogP contribution in [0.15, 0.2) is 40.0 Å². The summed E-state index contributed by atoms with van der Waals surface area (Å²) in [6.07, 6.45) is 1.07. The Bertz CT molecular complexity index is 942. The van der Waals surface area contributed by atoms with E-state index >= 15 is 0 Å². The number of amides is 1. The van der Waals surface area contributed by atoms with E-state index in [9.17, 15) is 13.2 Å². The number of carbonyl (C=O) groups is 1. The van der Waals surface area contributed by atoms with Crippen molar-refractivity contribution in [1.29, 1.82) is 0 Å². The van der Waals surface area contributed by atoms with Crippen LogP contribution in [0.25, 0.3) is 0 Å². The molecule has 0 aliphatic carbocycles. The molecule has 0 N–H and O–H groups in total. The molecule has 29 heavy (non-hydrogen) atoms. The van der Waals surface area contributed by atoms with Crippen LogP contribution in [0, 0.1) is 5.92 Å². The lowest BCUT2D eigenvalue weighted by atomic mass is 10.1. The number of thioether (sulfide) groups is 1. The minimum Gasteiger partial charge on any atom is -0.416 e. The van der Waals surface area contributed by atoms with E-state index in [1.807, 2.05) is 30.3 Å². The topological polar surface area (TPSA) is 103 Å². The van der Waals surface area contributed by atoms with Gasteiger partial charge in [0.2, 0.25) is 11.8 Å². The van der Waals surface area contributed by atoms with Gasteiger partial charge in [-0.25, -0.2) is 8.42 Å². The summed E-state index contributed by atoms with van der Waals surface area (Å²) in [5.41, 5.74) is 0.871. The number of nitrogens with zero attached hydrogens (tertiary/aromatic N) is 3. The second kappa shape index (κ2) is 8.85. The molecule has 0 bridgehead atoms. The van der Waals surface area contributed by atoms with Crippen LogP contribution in [0.4, 0.5) is 0 Å². The number of morpholine rings is 1. The molecule has 0 radical (unpaired) electrons. The number of rotatable bonds is 6. The molecule has 0 spiro atoms. The summed E-state index contributed by atoms with van der Waals surface area (Å²) in [5, 5.41) is 7.98. The highest BCUT2D eigenvalue weighted by Gasteiger charge is 2.31. The quantitative estimate of drug-likeness (QED) is 0.630. The third-order valence-corrected chi connectivity index (χ3v) is 8.02. The van der Waals surface area contributed by atoms with Crippen molar-refractivity contribution in [3.63, 3.8) is 0 Å². The summed E-state index contributed by atoms with van der Waals surface area (Å²) in [6, 6.07) is 9.53. The summed E-state index contributed by atoms with van der Waals surface area (Å²) in [4.78, 5) is 15.0. The number of sulfone groups is 1.